The van der Waals surface area contributed by atoms with E-state index in [2.05, 4.69) is 48.3 Å². The number of methoxy groups -OCH3 is 1. The summed E-state index contributed by atoms with van der Waals surface area (Å²) in [6.07, 6.45) is 1.65. The van der Waals surface area contributed by atoms with E-state index in [4.69, 9.17) is 4.74 Å². The van der Waals surface area contributed by atoms with E-state index in [9.17, 15) is 4.79 Å². The van der Waals surface area contributed by atoms with Gasteiger partial charge in [0.25, 0.3) is 0 Å². The number of carbonyl (C=O) groups excluding carboxylic acids is 1. The van der Waals surface area contributed by atoms with Crippen LogP contribution in [0.5, 0.6) is 5.75 Å². The van der Waals surface area contributed by atoms with Crippen LogP contribution in [-0.4, -0.2) is 45.5 Å². The zero-order valence-electron chi connectivity index (χ0n) is 17.2. The summed E-state index contributed by atoms with van der Waals surface area (Å²) in [5.74, 6) is 1.64. The Hall–Kier alpha value is -2.80. The maximum Gasteiger partial charge on any atom is 0.233 e. The van der Waals surface area contributed by atoms with Crippen LogP contribution in [0.25, 0.3) is 5.69 Å². The highest BCUT2D eigenvalue weighted by Gasteiger charge is 2.14. The molecule has 0 N–H and O–H groups in total. The number of thioether (sulfide) groups is 1. The van der Waals surface area contributed by atoms with E-state index in [0.29, 0.717) is 23.4 Å². The van der Waals surface area contributed by atoms with Gasteiger partial charge in [-0.05, 0) is 41.3 Å². The second-order valence-electron chi connectivity index (χ2n) is 7.12. The molecule has 0 aliphatic rings. The summed E-state index contributed by atoms with van der Waals surface area (Å²) < 4.78 is 7.06. The Morgan fingerprint density at radius 3 is 2.45 bits per heavy atom. The Labute approximate surface area is 175 Å². The van der Waals surface area contributed by atoms with Gasteiger partial charge in [-0.3, -0.25) is 9.36 Å². The lowest BCUT2D eigenvalue weighted by Crippen LogP contribution is -2.27. The number of nitrogens with zero attached hydrogens (tertiary/aromatic N) is 4. The largest absolute Gasteiger partial charge is 0.497 e. The highest BCUT2D eigenvalue weighted by Crippen LogP contribution is 2.22. The predicted molar refractivity (Wildman–Crippen MR) is 116 cm³/mol. The van der Waals surface area contributed by atoms with Crippen LogP contribution in [0.1, 0.15) is 30.9 Å². The van der Waals surface area contributed by atoms with Gasteiger partial charge in [-0.15, -0.1) is 10.2 Å². The zero-order chi connectivity index (χ0) is 20.8. The normalized spacial score (nSPS) is 10.9. The summed E-state index contributed by atoms with van der Waals surface area (Å²) in [4.78, 5) is 14.3. The van der Waals surface area contributed by atoms with E-state index in [1.807, 2.05) is 35.9 Å². The summed E-state index contributed by atoms with van der Waals surface area (Å²) in [7, 11) is 3.46. The molecule has 0 saturated heterocycles. The Morgan fingerprint density at radius 2 is 1.83 bits per heavy atom. The van der Waals surface area contributed by atoms with Crippen LogP contribution in [-0.2, 0) is 11.3 Å². The van der Waals surface area contributed by atoms with Crippen LogP contribution >= 0.6 is 11.8 Å². The molecule has 0 atom stereocenters. The molecule has 7 heteroatoms. The van der Waals surface area contributed by atoms with Gasteiger partial charge in [-0.25, -0.2) is 0 Å². The first-order chi connectivity index (χ1) is 14.0. The molecule has 3 aromatic rings. The van der Waals surface area contributed by atoms with Gasteiger partial charge in [0.1, 0.15) is 12.1 Å². The lowest BCUT2D eigenvalue weighted by atomic mass is 10.0. The molecule has 0 spiro atoms. The minimum atomic E-state index is 0.0483. The number of amides is 1. The topological polar surface area (TPSA) is 60.2 Å². The fourth-order valence-corrected chi connectivity index (χ4v) is 3.72. The smallest absolute Gasteiger partial charge is 0.233 e. The fraction of sp³-hybridized carbons (Fsp3) is 0.318. The number of carbonyl (C=O) groups is 1. The quantitative estimate of drug-likeness (QED) is 0.522. The van der Waals surface area contributed by atoms with Gasteiger partial charge in [0, 0.05) is 19.3 Å². The molecule has 1 amide bonds. The first-order valence-electron chi connectivity index (χ1n) is 9.48. The van der Waals surface area contributed by atoms with Crippen LogP contribution in [0.2, 0.25) is 0 Å². The van der Waals surface area contributed by atoms with Crippen molar-refractivity contribution in [1.29, 1.82) is 0 Å². The molecule has 0 fully saturated rings. The number of aromatic nitrogens is 3. The maximum absolute atomic E-state index is 12.6. The maximum atomic E-state index is 12.6. The van der Waals surface area contributed by atoms with Crippen molar-refractivity contribution in [1.82, 2.24) is 19.7 Å². The number of ether oxygens (including phenoxy) is 1. The molecular formula is C22H26N4O2S. The highest BCUT2D eigenvalue weighted by molar-refractivity contribution is 7.99. The van der Waals surface area contributed by atoms with Crippen LogP contribution < -0.4 is 4.74 Å². The third-order valence-electron chi connectivity index (χ3n) is 4.68. The molecule has 0 unspecified atom stereocenters. The molecule has 3 rings (SSSR count). The number of benzene rings is 2. The van der Waals surface area contributed by atoms with E-state index in [1.54, 1.807) is 18.3 Å². The Bertz CT molecular complexity index is 936. The summed E-state index contributed by atoms with van der Waals surface area (Å²) in [6, 6.07) is 16.1. The van der Waals surface area contributed by atoms with E-state index >= 15 is 0 Å². The third kappa shape index (κ3) is 5.38. The van der Waals surface area contributed by atoms with Gasteiger partial charge in [-0.2, -0.15) is 0 Å². The summed E-state index contributed by atoms with van der Waals surface area (Å²) >= 11 is 1.38. The molecule has 0 bridgehead atoms. The van der Waals surface area contributed by atoms with Gasteiger partial charge >= 0.3 is 0 Å². The van der Waals surface area contributed by atoms with Crippen LogP contribution in [0, 0.1) is 0 Å². The molecule has 1 heterocycles. The molecule has 0 aliphatic heterocycles. The van der Waals surface area contributed by atoms with Crippen molar-refractivity contribution in [3.63, 3.8) is 0 Å². The van der Waals surface area contributed by atoms with Crippen molar-refractivity contribution < 1.29 is 9.53 Å². The van der Waals surface area contributed by atoms with Crippen molar-refractivity contribution in [2.75, 3.05) is 19.9 Å². The average molecular weight is 411 g/mol. The van der Waals surface area contributed by atoms with Gasteiger partial charge in [0.15, 0.2) is 5.16 Å². The molecule has 29 heavy (non-hydrogen) atoms. The number of rotatable bonds is 8. The van der Waals surface area contributed by atoms with Crippen molar-refractivity contribution >= 4 is 17.7 Å². The SMILES string of the molecule is COc1ccc(-n2cnnc2SCC(=O)N(C)Cc2ccc(C(C)C)cc2)cc1. The zero-order valence-corrected chi connectivity index (χ0v) is 18.0. The van der Waals surface area contributed by atoms with Crippen molar-refractivity contribution in [3.05, 3.63) is 66.0 Å². The van der Waals surface area contributed by atoms with Gasteiger partial charge < -0.3 is 9.64 Å². The van der Waals surface area contributed by atoms with Crippen molar-refractivity contribution in [3.8, 4) is 11.4 Å². The Kier molecular flexibility index (Phi) is 6.93. The standard InChI is InChI=1S/C22H26N4O2S/c1-16(2)18-7-5-17(6-8-18)13-25(3)21(27)14-29-22-24-23-15-26(22)19-9-11-20(28-4)12-10-19/h5-12,15-16H,13-14H2,1-4H3. The first kappa shape index (κ1) is 20.9. The number of hydrogen-bond donors (Lipinski definition) is 0. The minimum absolute atomic E-state index is 0.0483. The second kappa shape index (κ2) is 9.60. The van der Waals surface area contributed by atoms with E-state index in [-0.39, 0.29) is 5.91 Å². The molecule has 152 valence electrons. The lowest BCUT2D eigenvalue weighted by molar-refractivity contribution is -0.127. The number of hydrogen-bond acceptors (Lipinski definition) is 5. The van der Waals surface area contributed by atoms with Crippen molar-refractivity contribution in [2.45, 2.75) is 31.5 Å². The first-order valence-corrected chi connectivity index (χ1v) is 10.5. The lowest BCUT2D eigenvalue weighted by Gasteiger charge is -2.17. The molecular weight excluding hydrogens is 384 g/mol. The summed E-state index contributed by atoms with van der Waals surface area (Å²) in [6.45, 7) is 4.93. The van der Waals surface area contributed by atoms with E-state index in [1.165, 1.54) is 17.3 Å². The Morgan fingerprint density at radius 1 is 1.14 bits per heavy atom. The molecule has 1 aromatic heterocycles. The van der Waals surface area contributed by atoms with E-state index < -0.39 is 0 Å². The minimum Gasteiger partial charge on any atom is -0.497 e. The van der Waals surface area contributed by atoms with E-state index in [0.717, 1.165) is 17.0 Å². The molecule has 2 aromatic carbocycles. The Balaban J connectivity index is 1.58. The third-order valence-corrected chi connectivity index (χ3v) is 5.61. The van der Waals surface area contributed by atoms with Crippen LogP contribution in [0.4, 0.5) is 0 Å². The summed E-state index contributed by atoms with van der Waals surface area (Å²) in [5.41, 5.74) is 3.34. The van der Waals surface area contributed by atoms with Crippen LogP contribution in [0.15, 0.2) is 60.0 Å². The van der Waals surface area contributed by atoms with Gasteiger partial charge in [-0.1, -0.05) is 49.9 Å². The highest BCUT2D eigenvalue weighted by atomic mass is 32.2. The van der Waals surface area contributed by atoms with Gasteiger partial charge in [0.2, 0.25) is 5.91 Å². The van der Waals surface area contributed by atoms with Gasteiger partial charge in [0.05, 0.1) is 12.9 Å². The predicted octanol–water partition coefficient (Wildman–Crippen LogP) is 4.15. The average Bonchev–Trinajstić information content (AvgIpc) is 3.21. The fourth-order valence-electron chi connectivity index (χ4n) is 2.85. The van der Waals surface area contributed by atoms with Crippen molar-refractivity contribution in [2.24, 2.45) is 0 Å². The van der Waals surface area contributed by atoms with Crippen LogP contribution in [0.3, 0.4) is 0 Å². The molecule has 0 radical (unpaired) electrons. The summed E-state index contributed by atoms with van der Waals surface area (Å²) in [5, 5.41) is 8.82. The monoisotopic (exact) mass is 410 g/mol. The molecule has 0 saturated carbocycles. The molecule has 6 nitrogen and oxygen atoms in total. The molecule has 0 aliphatic carbocycles. The second-order valence-corrected chi connectivity index (χ2v) is 8.06.